The van der Waals surface area contributed by atoms with Gasteiger partial charge in [0.1, 0.15) is 0 Å². The standard InChI is InChI=1S/C16H12N2.Ir/c1-2-7-13(8-3-1)14-10-6-11-16(18-14)15-9-4-5-12-17-15;/h1-12H;/q;+3. The fourth-order valence-corrected chi connectivity index (χ4v) is 1.86. The van der Waals surface area contributed by atoms with Crippen molar-refractivity contribution in [1.29, 1.82) is 0 Å². The topological polar surface area (TPSA) is 25.8 Å². The molecule has 2 nitrogen and oxygen atoms in total. The van der Waals surface area contributed by atoms with Crippen LogP contribution in [0.15, 0.2) is 72.9 Å². The molecule has 0 N–H and O–H groups in total. The van der Waals surface area contributed by atoms with Crippen LogP contribution in [0.25, 0.3) is 22.6 Å². The first-order chi connectivity index (χ1) is 8.93. The Bertz CT molecular complexity index is 584. The molecule has 0 unspecified atom stereocenters. The van der Waals surface area contributed by atoms with Crippen LogP contribution in [-0.4, -0.2) is 9.97 Å². The van der Waals surface area contributed by atoms with E-state index in [4.69, 9.17) is 0 Å². The second-order valence-electron chi connectivity index (χ2n) is 3.99. The molecule has 19 heavy (non-hydrogen) atoms. The van der Waals surface area contributed by atoms with Crippen molar-refractivity contribution in [2.45, 2.75) is 0 Å². The minimum atomic E-state index is 0. The largest absolute Gasteiger partial charge is 3.00 e. The van der Waals surface area contributed by atoms with Crippen LogP contribution in [0.2, 0.25) is 0 Å². The summed E-state index contributed by atoms with van der Waals surface area (Å²) in [4.78, 5) is 8.97. The van der Waals surface area contributed by atoms with Gasteiger partial charge in [-0.1, -0.05) is 42.5 Å². The summed E-state index contributed by atoms with van der Waals surface area (Å²) in [5.74, 6) is 0. The molecule has 3 rings (SSSR count). The average molecular weight is 425 g/mol. The number of benzene rings is 1. The van der Waals surface area contributed by atoms with E-state index in [1.165, 1.54) is 0 Å². The Morgan fingerprint density at radius 1 is 0.579 bits per heavy atom. The van der Waals surface area contributed by atoms with Crippen LogP contribution in [0.4, 0.5) is 0 Å². The molecule has 92 valence electrons. The Morgan fingerprint density at radius 3 is 2.00 bits per heavy atom. The Labute approximate surface area is 125 Å². The van der Waals surface area contributed by atoms with E-state index in [0.29, 0.717) is 0 Å². The molecule has 0 fully saturated rings. The molecule has 0 spiro atoms. The summed E-state index contributed by atoms with van der Waals surface area (Å²) in [6.45, 7) is 0. The summed E-state index contributed by atoms with van der Waals surface area (Å²) in [5.41, 5.74) is 3.89. The number of nitrogens with zero attached hydrogens (tertiary/aromatic N) is 2. The van der Waals surface area contributed by atoms with Crippen molar-refractivity contribution in [2.75, 3.05) is 0 Å². The molecule has 0 aliphatic carbocycles. The van der Waals surface area contributed by atoms with Gasteiger partial charge in [-0.2, -0.15) is 0 Å². The molecule has 2 heterocycles. The average Bonchev–Trinajstić information content (AvgIpc) is 2.49. The summed E-state index contributed by atoms with van der Waals surface area (Å²) >= 11 is 0. The smallest absolute Gasteiger partial charge is 0.255 e. The molecule has 1 aromatic carbocycles. The second kappa shape index (κ2) is 6.37. The molecule has 0 saturated carbocycles. The number of rotatable bonds is 2. The summed E-state index contributed by atoms with van der Waals surface area (Å²) in [6.07, 6.45) is 1.78. The Morgan fingerprint density at radius 2 is 1.26 bits per heavy atom. The molecule has 0 saturated heterocycles. The molecule has 0 aliphatic heterocycles. The maximum absolute atomic E-state index is 4.65. The zero-order valence-electron chi connectivity index (χ0n) is 10.2. The third kappa shape index (κ3) is 3.14. The molecule has 3 aromatic rings. The van der Waals surface area contributed by atoms with Crippen LogP contribution in [-0.2, 0) is 20.1 Å². The van der Waals surface area contributed by atoms with Crippen molar-refractivity contribution in [3.8, 4) is 22.6 Å². The first-order valence-corrected chi connectivity index (χ1v) is 5.87. The summed E-state index contributed by atoms with van der Waals surface area (Å²) < 4.78 is 0. The summed E-state index contributed by atoms with van der Waals surface area (Å²) in [7, 11) is 0. The first kappa shape index (κ1) is 13.6. The molecular formula is C16H12IrN2+3. The van der Waals surface area contributed by atoms with E-state index in [2.05, 4.69) is 22.1 Å². The van der Waals surface area contributed by atoms with Crippen molar-refractivity contribution < 1.29 is 20.1 Å². The van der Waals surface area contributed by atoms with Gasteiger partial charge in [0.2, 0.25) is 0 Å². The maximum atomic E-state index is 4.65. The van der Waals surface area contributed by atoms with Crippen LogP contribution in [0.1, 0.15) is 0 Å². The molecular weight excluding hydrogens is 412 g/mol. The molecule has 0 amide bonds. The predicted octanol–water partition coefficient (Wildman–Crippen LogP) is 3.81. The number of hydrogen-bond acceptors (Lipinski definition) is 2. The van der Waals surface area contributed by atoms with Gasteiger partial charge in [0, 0.05) is 11.8 Å². The summed E-state index contributed by atoms with van der Waals surface area (Å²) in [5, 5.41) is 0. The zero-order chi connectivity index (χ0) is 12.2. The van der Waals surface area contributed by atoms with Gasteiger partial charge < -0.3 is 0 Å². The van der Waals surface area contributed by atoms with E-state index in [-0.39, 0.29) is 20.1 Å². The van der Waals surface area contributed by atoms with Crippen LogP contribution in [0.3, 0.4) is 0 Å². The van der Waals surface area contributed by atoms with Gasteiger partial charge in [0.15, 0.2) is 0 Å². The minimum Gasteiger partial charge on any atom is -0.255 e. The van der Waals surface area contributed by atoms with Gasteiger partial charge in [-0.15, -0.1) is 0 Å². The van der Waals surface area contributed by atoms with Gasteiger partial charge in [-0.3, -0.25) is 4.98 Å². The van der Waals surface area contributed by atoms with Crippen molar-refractivity contribution in [2.24, 2.45) is 0 Å². The maximum Gasteiger partial charge on any atom is 3.00 e. The van der Waals surface area contributed by atoms with Gasteiger partial charge in [0.25, 0.3) is 0 Å². The first-order valence-electron chi connectivity index (χ1n) is 5.87. The van der Waals surface area contributed by atoms with Crippen LogP contribution in [0.5, 0.6) is 0 Å². The SMILES string of the molecule is [Ir+3].c1ccc(-c2cccc(-c3ccccn3)n2)cc1. The van der Waals surface area contributed by atoms with E-state index in [1.807, 2.05) is 54.6 Å². The number of aromatic nitrogens is 2. The number of hydrogen-bond donors (Lipinski definition) is 0. The molecule has 2 aromatic heterocycles. The van der Waals surface area contributed by atoms with Crippen LogP contribution < -0.4 is 0 Å². The van der Waals surface area contributed by atoms with Crippen molar-refractivity contribution >= 4 is 0 Å². The zero-order valence-corrected chi connectivity index (χ0v) is 12.6. The van der Waals surface area contributed by atoms with Gasteiger partial charge >= 0.3 is 20.1 Å². The van der Waals surface area contributed by atoms with Crippen molar-refractivity contribution in [3.05, 3.63) is 72.9 Å². The molecule has 0 aliphatic rings. The quantitative estimate of drug-likeness (QED) is 0.625. The van der Waals surface area contributed by atoms with Crippen molar-refractivity contribution in [1.82, 2.24) is 9.97 Å². The third-order valence-electron chi connectivity index (χ3n) is 2.75. The Kier molecular flexibility index (Phi) is 4.56. The van der Waals surface area contributed by atoms with Crippen molar-refractivity contribution in [3.63, 3.8) is 0 Å². The predicted molar refractivity (Wildman–Crippen MR) is 72.9 cm³/mol. The Balaban J connectivity index is 0.00000133. The van der Waals surface area contributed by atoms with Gasteiger partial charge in [0.05, 0.1) is 17.1 Å². The minimum absolute atomic E-state index is 0. The van der Waals surface area contributed by atoms with E-state index in [9.17, 15) is 0 Å². The van der Waals surface area contributed by atoms with E-state index < -0.39 is 0 Å². The molecule has 0 atom stereocenters. The van der Waals surface area contributed by atoms with E-state index in [1.54, 1.807) is 6.20 Å². The van der Waals surface area contributed by atoms with Gasteiger partial charge in [-0.25, -0.2) is 4.98 Å². The third-order valence-corrected chi connectivity index (χ3v) is 2.75. The molecule has 0 radical (unpaired) electrons. The van der Waals surface area contributed by atoms with Gasteiger partial charge in [-0.05, 0) is 24.3 Å². The fourth-order valence-electron chi connectivity index (χ4n) is 1.86. The Hall–Kier alpha value is -1.83. The van der Waals surface area contributed by atoms with E-state index >= 15 is 0 Å². The van der Waals surface area contributed by atoms with Crippen LogP contribution in [0, 0.1) is 0 Å². The summed E-state index contributed by atoms with van der Waals surface area (Å²) in [6, 6.07) is 22.0. The molecule has 0 bridgehead atoms. The van der Waals surface area contributed by atoms with Crippen LogP contribution >= 0.6 is 0 Å². The number of pyridine rings is 2. The molecule has 3 heteroatoms. The monoisotopic (exact) mass is 425 g/mol. The fraction of sp³-hybridized carbons (Fsp3) is 0. The normalized spacial score (nSPS) is 9.68. The second-order valence-corrected chi connectivity index (χ2v) is 3.99. The van der Waals surface area contributed by atoms with E-state index in [0.717, 1.165) is 22.6 Å².